The van der Waals surface area contributed by atoms with Crippen LogP contribution in [0.2, 0.25) is 0 Å². The number of nitrogen functional groups attached to an aromatic ring is 1. The van der Waals surface area contributed by atoms with Gasteiger partial charge in [0.2, 0.25) is 5.89 Å². The molecule has 0 atom stereocenters. The Morgan fingerprint density at radius 2 is 1.72 bits per heavy atom. The van der Waals surface area contributed by atoms with E-state index in [1.54, 1.807) is 6.07 Å². The van der Waals surface area contributed by atoms with Gasteiger partial charge in [-0.25, -0.2) is 4.98 Å². The molecule has 3 heteroatoms. The number of anilines is 1. The minimum absolute atomic E-state index is 0.641. The molecule has 18 heavy (non-hydrogen) atoms. The van der Waals surface area contributed by atoms with Crippen LogP contribution in [-0.4, -0.2) is 4.98 Å². The predicted molar refractivity (Wildman–Crippen MR) is 73.3 cm³/mol. The van der Waals surface area contributed by atoms with Crippen molar-refractivity contribution in [3.05, 3.63) is 47.5 Å². The average Bonchev–Trinajstić information content (AvgIpc) is 2.70. The van der Waals surface area contributed by atoms with Crippen molar-refractivity contribution in [3.8, 4) is 11.5 Å². The van der Waals surface area contributed by atoms with Crippen LogP contribution in [0, 0.1) is 13.8 Å². The van der Waals surface area contributed by atoms with Gasteiger partial charge in [-0.05, 0) is 38.1 Å². The van der Waals surface area contributed by atoms with E-state index in [1.807, 2.05) is 12.1 Å². The first-order valence-electron chi connectivity index (χ1n) is 5.86. The minimum atomic E-state index is 0.641. The van der Waals surface area contributed by atoms with Crippen LogP contribution in [0.1, 0.15) is 11.1 Å². The van der Waals surface area contributed by atoms with E-state index in [9.17, 15) is 0 Å². The minimum Gasteiger partial charge on any atom is -0.436 e. The molecule has 0 aliphatic carbocycles. The zero-order valence-corrected chi connectivity index (χ0v) is 10.4. The van der Waals surface area contributed by atoms with Gasteiger partial charge in [0, 0.05) is 17.3 Å². The number of hydrogen-bond donors (Lipinski definition) is 1. The van der Waals surface area contributed by atoms with Gasteiger partial charge in [-0.3, -0.25) is 0 Å². The molecule has 1 aromatic heterocycles. The van der Waals surface area contributed by atoms with E-state index in [0.29, 0.717) is 11.6 Å². The molecule has 3 aromatic rings. The maximum absolute atomic E-state index is 5.75. The summed E-state index contributed by atoms with van der Waals surface area (Å²) in [6.07, 6.45) is 0. The lowest BCUT2D eigenvalue weighted by Gasteiger charge is -2.00. The fraction of sp³-hybridized carbons (Fsp3) is 0.133. The van der Waals surface area contributed by atoms with Crippen LogP contribution in [0.15, 0.2) is 40.8 Å². The number of nitrogens with zero attached hydrogens (tertiary/aromatic N) is 1. The number of hydrogen-bond acceptors (Lipinski definition) is 3. The molecule has 2 aromatic carbocycles. The predicted octanol–water partition coefficient (Wildman–Crippen LogP) is 3.69. The summed E-state index contributed by atoms with van der Waals surface area (Å²) in [5, 5.41) is 0. The zero-order valence-electron chi connectivity index (χ0n) is 10.4. The summed E-state index contributed by atoms with van der Waals surface area (Å²) < 4.78 is 5.75. The van der Waals surface area contributed by atoms with Crippen LogP contribution in [0.5, 0.6) is 0 Å². The number of fused-ring (bicyclic) bond motifs is 1. The molecule has 3 rings (SSSR count). The third kappa shape index (κ3) is 1.84. The van der Waals surface area contributed by atoms with Crippen LogP contribution >= 0.6 is 0 Å². The second-order valence-electron chi connectivity index (χ2n) is 4.62. The third-order valence-corrected chi connectivity index (χ3v) is 2.88. The first-order chi connectivity index (χ1) is 8.61. The first-order valence-corrected chi connectivity index (χ1v) is 5.86. The summed E-state index contributed by atoms with van der Waals surface area (Å²) in [7, 11) is 0. The molecular formula is C15H14N2O. The van der Waals surface area contributed by atoms with Crippen molar-refractivity contribution in [1.82, 2.24) is 4.98 Å². The van der Waals surface area contributed by atoms with Gasteiger partial charge < -0.3 is 10.2 Å². The van der Waals surface area contributed by atoms with Crippen LogP contribution in [0.25, 0.3) is 22.6 Å². The third-order valence-electron chi connectivity index (χ3n) is 2.88. The second kappa shape index (κ2) is 3.88. The molecule has 0 saturated carbocycles. The number of oxazole rings is 1. The maximum atomic E-state index is 5.75. The monoisotopic (exact) mass is 238 g/mol. The molecule has 0 fully saturated rings. The summed E-state index contributed by atoms with van der Waals surface area (Å²) in [6.45, 7) is 4.13. The smallest absolute Gasteiger partial charge is 0.227 e. The molecule has 0 amide bonds. The highest BCUT2D eigenvalue weighted by Gasteiger charge is 2.09. The van der Waals surface area contributed by atoms with Crippen molar-refractivity contribution in [1.29, 1.82) is 0 Å². The Hall–Kier alpha value is -2.29. The van der Waals surface area contributed by atoms with Crippen molar-refractivity contribution in [3.63, 3.8) is 0 Å². The quantitative estimate of drug-likeness (QED) is 0.658. The molecular weight excluding hydrogens is 224 g/mol. The molecule has 0 aliphatic heterocycles. The number of benzene rings is 2. The van der Waals surface area contributed by atoms with Crippen LogP contribution in [0.3, 0.4) is 0 Å². The highest BCUT2D eigenvalue weighted by atomic mass is 16.3. The van der Waals surface area contributed by atoms with E-state index in [1.165, 1.54) is 11.1 Å². The van der Waals surface area contributed by atoms with E-state index < -0.39 is 0 Å². The molecule has 1 heterocycles. The molecule has 0 saturated heterocycles. The van der Waals surface area contributed by atoms with Gasteiger partial charge in [0.25, 0.3) is 0 Å². The Balaban J connectivity index is 2.19. The SMILES string of the molecule is Cc1cc(C)cc(-c2nc3ccc(N)cc3o2)c1. The van der Waals surface area contributed by atoms with E-state index in [2.05, 4.69) is 37.0 Å². The Bertz CT molecular complexity index is 708. The normalized spacial score (nSPS) is 11.0. The molecule has 3 nitrogen and oxygen atoms in total. The van der Waals surface area contributed by atoms with Gasteiger partial charge >= 0.3 is 0 Å². The largest absolute Gasteiger partial charge is 0.436 e. The average molecular weight is 238 g/mol. The van der Waals surface area contributed by atoms with E-state index in [4.69, 9.17) is 10.2 Å². The zero-order chi connectivity index (χ0) is 12.7. The van der Waals surface area contributed by atoms with Gasteiger partial charge in [0.05, 0.1) is 0 Å². The van der Waals surface area contributed by atoms with Crippen LogP contribution in [0.4, 0.5) is 5.69 Å². The van der Waals surface area contributed by atoms with Crippen molar-refractivity contribution in [2.24, 2.45) is 0 Å². The summed E-state index contributed by atoms with van der Waals surface area (Å²) in [4.78, 5) is 4.48. The van der Waals surface area contributed by atoms with E-state index in [0.717, 1.165) is 16.7 Å². The lowest BCUT2D eigenvalue weighted by atomic mass is 10.1. The van der Waals surface area contributed by atoms with Crippen LogP contribution in [-0.2, 0) is 0 Å². The molecule has 0 radical (unpaired) electrons. The highest BCUT2D eigenvalue weighted by Crippen LogP contribution is 2.26. The fourth-order valence-corrected chi connectivity index (χ4v) is 2.16. The van der Waals surface area contributed by atoms with E-state index in [-0.39, 0.29) is 0 Å². The number of aryl methyl sites for hydroxylation is 2. The second-order valence-corrected chi connectivity index (χ2v) is 4.62. The molecule has 0 bridgehead atoms. The van der Waals surface area contributed by atoms with Gasteiger partial charge in [0.15, 0.2) is 5.58 Å². The molecule has 0 unspecified atom stereocenters. The van der Waals surface area contributed by atoms with Gasteiger partial charge in [-0.15, -0.1) is 0 Å². The Labute approximate surface area is 105 Å². The summed E-state index contributed by atoms with van der Waals surface area (Å²) >= 11 is 0. The lowest BCUT2D eigenvalue weighted by Crippen LogP contribution is -1.82. The van der Waals surface area contributed by atoms with Crippen molar-refractivity contribution in [2.45, 2.75) is 13.8 Å². The standard InChI is InChI=1S/C15H14N2O/c1-9-5-10(2)7-11(6-9)15-17-13-4-3-12(16)8-14(13)18-15/h3-8H,16H2,1-2H3. The number of aromatic nitrogens is 1. The number of rotatable bonds is 1. The number of nitrogens with two attached hydrogens (primary N) is 1. The van der Waals surface area contributed by atoms with Crippen molar-refractivity contribution in [2.75, 3.05) is 5.73 Å². The summed E-state index contributed by atoms with van der Waals surface area (Å²) in [5.41, 5.74) is 11.4. The Morgan fingerprint density at radius 1 is 1.00 bits per heavy atom. The van der Waals surface area contributed by atoms with Crippen molar-refractivity contribution < 1.29 is 4.42 Å². The molecule has 90 valence electrons. The summed E-state index contributed by atoms with van der Waals surface area (Å²) in [5.74, 6) is 0.641. The van der Waals surface area contributed by atoms with E-state index >= 15 is 0 Å². The lowest BCUT2D eigenvalue weighted by molar-refractivity contribution is 0.620. The Morgan fingerprint density at radius 3 is 2.44 bits per heavy atom. The topological polar surface area (TPSA) is 52.0 Å². The Kier molecular flexibility index (Phi) is 2.33. The summed E-state index contributed by atoms with van der Waals surface area (Å²) in [6, 6.07) is 11.8. The fourth-order valence-electron chi connectivity index (χ4n) is 2.16. The first kappa shape index (κ1) is 10.8. The van der Waals surface area contributed by atoms with Gasteiger partial charge in [-0.2, -0.15) is 0 Å². The highest BCUT2D eigenvalue weighted by molar-refractivity contribution is 5.79. The van der Waals surface area contributed by atoms with Gasteiger partial charge in [-0.1, -0.05) is 17.2 Å². The van der Waals surface area contributed by atoms with Gasteiger partial charge in [0.1, 0.15) is 5.52 Å². The molecule has 2 N–H and O–H groups in total. The molecule has 0 spiro atoms. The van der Waals surface area contributed by atoms with Crippen LogP contribution < -0.4 is 5.73 Å². The van der Waals surface area contributed by atoms with Crippen molar-refractivity contribution >= 4 is 16.8 Å². The molecule has 0 aliphatic rings. The maximum Gasteiger partial charge on any atom is 0.227 e.